The Hall–Kier alpha value is 0.160. The van der Waals surface area contributed by atoms with Crippen LogP contribution in [-0.2, 0) is 10.0 Å². The number of nitrogens with zero attached hydrogens (tertiary/aromatic N) is 1. The lowest BCUT2D eigenvalue weighted by atomic mass is 9.92. The van der Waals surface area contributed by atoms with E-state index in [0.717, 1.165) is 6.42 Å². The lowest BCUT2D eigenvalue weighted by Crippen LogP contribution is -2.63. The van der Waals surface area contributed by atoms with E-state index in [2.05, 4.69) is 0 Å². The fourth-order valence-electron chi connectivity index (χ4n) is 1.80. The molecule has 0 bridgehead atoms. The first-order chi connectivity index (χ1) is 6.93. The van der Waals surface area contributed by atoms with Crippen LogP contribution < -0.4 is 0 Å². The maximum Gasteiger partial charge on any atom is 0.214 e. The summed E-state index contributed by atoms with van der Waals surface area (Å²) in [5, 5.41) is 9.84. The van der Waals surface area contributed by atoms with E-state index in [1.807, 2.05) is 6.92 Å². The van der Waals surface area contributed by atoms with Gasteiger partial charge in [-0.3, -0.25) is 0 Å². The molecule has 0 aliphatic carbocycles. The van der Waals surface area contributed by atoms with E-state index < -0.39 is 15.6 Å². The van der Waals surface area contributed by atoms with Gasteiger partial charge in [0.2, 0.25) is 10.0 Å². The number of halogens is 1. The Morgan fingerprint density at radius 1 is 1.47 bits per heavy atom. The van der Waals surface area contributed by atoms with Gasteiger partial charge in [0, 0.05) is 19.0 Å². The molecule has 1 aliphatic rings. The molecule has 0 amide bonds. The number of β-amino-alcohol motifs (C(OH)–C–C–N with tert-alkyl or cyclic N) is 1. The van der Waals surface area contributed by atoms with Gasteiger partial charge in [0.25, 0.3) is 0 Å². The fraction of sp³-hybridized carbons (Fsp3) is 1.00. The monoisotopic (exact) mass is 255 g/mol. The van der Waals surface area contributed by atoms with Gasteiger partial charge < -0.3 is 5.11 Å². The zero-order valence-electron chi connectivity index (χ0n) is 8.95. The van der Waals surface area contributed by atoms with Crippen molar-refractivity contribution in [2.75, 3.05) is 24.7 Å². The lowest BCUT2D eigenvalue weighted by molar-refractivity contribution is -0.0653. The molecule has 1 heterocycles. The molecule has 1 rings (SSSR count). The Morgan fingerprint density at radius 3 is 2.53 bits per heavy atom. The minimum atomic E-state index is -3.19. The van der Waals surface area contributed by atoms with Gasteiger partial charge >= 0.3 is 0 Å². The van der Waals surface area contributed by atoms with E-state index >= 15 is 0 Å². The van der Waals surface area contributed by atoms with E-state index in [4.69, 9.17) is 11.6 Å². The third-order valence-electron chi connectivity index (χ3n) is 2.59. The van der Waals surface area contributed by atoms with Crippen molar-refractivity contribution >= 4 is 21.6 Å². The first kappa shape index (κ1) is 13.2. The number of rotatable bonds is 6. The molecule has 90 valence electrons. The van der Waals surface area contributed by atoms with Crippen LogP contribution in [-0.4, -0.2) is 48.2 Å². The predicted octanol–water partition coefficient (Wildman–Crippen LogP) is 0.792. The lowest BCUT2D eigenvalue weighted by Gasteiger charge is -2.45. The summed E-state index contributed by atoms with van der Waals surface area (Å²) in [5.41, 5.74) is -0.789. The number of hydrogen-bond donors (Lipinski definition) is 1. The van der Waals surface area contributed by atoms with Gasteiger partial charge in [-0.2, -0.15) is 4.31 Å². The second-order valence-electron chi connectivity index (χ2n) is 4.10. The van der Waals surface area contributed by atoms with Crippen LogP contribution in [0, 0.1) is 0 Å². The molecule has 4 nitrogen and oxygen atoms in total. The topological polar surface area (TPSA) is 57.6 Å². The Kier molecular flexibility index (Phi) is 4.40. The predicted molar refractivity (Wildman–Crippen MR) is 60.6 cm³/mol. The van der Waals surface area contributed by atoms with Gasteiger partial charge in [-0.1, -0.05) is 13.3 Å². The Bertz CT molecular complexity index is 298. The smallest absolute Gasteiger partial charge is 0.214 e. The maximum absolute atomic E-state index is 11.6. The van der Waals surface area contributed by atoms with Crippen molar-refractivity contribution in [2.24, 2.45) is 0 Å². The number of aliphatic hydroxyl groups is 1. The summed E-state index contributed by atoms with van der Waals surface area (Å²) in [6.07, 6.45) is 1.99. The molecule has 1 fully saturated rings. The second-order valence-corrected chi connectivity index (χ2v) is 6.57. The average Bonchev–Trinajstić information content (AvgIpc) is 2.11. The van der Waals surface area contributed by atoms with Crippen LogP contribution in [0.1, 0.15) is 26.2 Å². The molecule has 1 saturated heterocycles. The zero-order valence-corrected chi connectivity index (χ0v) is 10.5. The highest BCUT2D eigenvalue weighted by Crippen LogP contribution is 2.28. The minimum absolute atomic E-state index is 0.0820. The molecule has 0 aromatic rings. The quantitative estimate of drug-likeness (QED) is 0.714. The van der Waals surface area contributed by atoms with Gasteiger partial charge in [0.05, 0.1) is 11.4 Å². The van der Waals surface area contributed by atoms with E-state index in [-0.39, 0.29) is 18.8 Å². The first-order valence-electron chi connectivity index (χ1n) is 5.20. The molecular weight excluding hydrogens is 238 g/mol. The molecule has 1 aliphatic heterocycles. The summed E-state index contributed by atoms with van der Waals surface area (Å²) in [7, 11) is -3.19. The van der Waals surface area contributed by atoms with Crippen LogP contribution >= 0.6 is 11.6 Å². The number of alkyl halides is 1. The molecule has 0 radical (unpaired) electrons. The van der Waals surface area contributed by atoms with E-state index in [1.54, 1.807) is 0 Å². The van der Waals surface area contributed by atoms with E-state index in [9.17, 15) is 13.5 Å². The van der Waals surface area contributed by atoms with Crippen LogP contribution in [0.2, 0.25) is 0 Å². The minimum Gasteiger partial charge on any atom is -0.387 e. The van der Waals surface area contributed by atoms with Crippen molar-refractivity contribution in [3.05, 3.63) is 0 Å². The van der Waals surface area contributed by atoms with Gasteiger partial charge in [0.1, 0.15) is 0 Å². The van der Waals surface area contributed by atoms with Crippen LogP contribution in [0.25, 0.3) is 0 Å². The molecule has 1 N–H and O–H groups in total. The molecule has 0 aromatic carbocycles. The highest BCUT2D eigenvalue weighted by Gasteiger charge is 2.45. The van der Waals surface area contributed by atoms with Crippen molar-refractivity contribution in [1.29, 1.82) is 0 Å². The van der Waals surface area contributed by atoms with Crippen LogP contribution in [0.3, 0.4) is 0 Å². The molecular formula is C9H18ClNO3S. The summed E-state index contributed by atoms with van der Waals surface area (Å²) in [6, 6.07) is 0. The average molecular weight is 256 g/mol. The van der Waals surface area contributed by atoms with Crippen LogP contribution in [0.5, 0.6) is 0 Å². The normalized spacial score (nSPS) is 21.3. The number of hydrogen-bond acceptors (Lipinski definition) is 3. The third-order valence-corrected chi connectivity index (χ3v) is 4.70. The Labute approximate surface area is 96.3 Å². The van der Waals surface area contributed by atoms with E-state index in [1.165, 1.54) is 4.31 Å². The fourth-order valence-corrected chi connectivity index (χ4v) is 3.73. The largest absolute Gasteiger partial charge is 0.387 e. The van der Waals surface area contributed by atoms with Crippen molar-refractivity contribution in [3.8, 4) is 0 Å². The Balaban J connectivity index is 2.43. The summed E-state index contributed by atoms with van der Waals surface area (Å²) in [5.74, 6) is 0.436. The molecule has 0 spiro atoms. The van der Waals surface area contributed by atoms with Gasteiger partial charge in [-0.15, -0.1) is 11.6 Å². The molecule has 0 saturated carbocycles. The van der Waals surface area contributed by atoms with Crippen LogP contribution in [0.4, 0.5) is 0 Å². The highest BCUT2D eigenvalue weighted by molar-refractivity contribution is 7.89. The van der Waals surface area contributed by atoms with Crippen molar-refractivity contribution in [1.82, 2.24) is 4.31 Å². The molecule has 0 atom stereocenters. The van der Waals surface area contributed by atoms with Gasteiger partial charge in [-0.25, -0.2) is 8.42 Å². The summed E-state index contributed by atoms with van der Waals surface area (Å²) in [6.45, 7) is 2.46. The highest BCUT2D eigenvalue weighted by atomic mass is 35.5. The summed E-state index contributed by atoms with van der Waals surface area (Å²) >= 11 is 5.45. The Morgan fingerprint density at radius 2 is 2.07 bits per heavy atom. The summed E-state index contributed by atoms with van der Waals surface area (Å²) < 4.78 is 24.6. The SMILES string of the molecule is CCCC1(O)CN(S(=O)(=O)CCCCl)C1. The molecule has 0 aromatic heterocycles. The van der Waals surface area contributed by atoms with Crippen molar-refractivity contribution < 1.29 is 13.5 Å². The van der Waals surface area contributed by atoms with Crippen molar-refractivity contribution in [2.45, 2.75) is 31.8 Å². The number of sulfonamides is 1. The van der Waals surface area contributed by atoms with Gasteiger partial charge in [0.15, 0.2) is 0 Å². The summed E-state index contributed by atoms with van der Waals surface area (Å²) in [4.78, 5) is 0. The van der Waals surface area contributed by atoms with Gasteiger partial charge in [-0.05, 0) is 12.8 Å². The first-order valence-corrected chi connectivity index (χ1v) is 7.34. The molecule has 15 heavy (non-hydrogen) atoms. The molecule has 0 unspecified atom stereocenters. The maximum atomic E-state index is 11.6. The van der Waals surface area contributed by atoms with Crippen molar-refractivity contribution in [3.63, 3.8) is 0 Å². The van der Waals surface area contributed by atoms with Crippen LogP contribution in [0.15, 0.2) is 0 Å². The standard InChI is InChI=1S/C9H18ClNO3S/c1-2-4-9(12)7-11(8-9)15(13,14)6-3-5-10/h12H,2-8H2,1H3. The van der Waals surface area contributed by atoms with E-state index in [0.29, 0.717) is 18.7 Å². The zero-order chi connectivity index (χ0) is 11.5. The molecule has 6 heteroatoms. The third kappa shape index (κ3) is 3.31. The second kappa shape index (κ2) is 4.99.